The van der Waals surface area contributed by atoms with E-state index in [0.717, 1.165) is 24.7 Å². The normalized spacial score (nSPS) is 19.7. The van der Waals surface area contributed by atoms with E-state index in [1.807, 2.05) is 0 Å². The number of ether oxygens (including phenoxy) is 1. The second-order valence-corrected chi connectivity index (χ2v) is 4.42. The van der Waals surface area contributed by atoms with Crippen LogP contribution in [0.3, 0.4) is 0 Å². The van der Waals surface area contributed by atoms with Gasteiger partial charge >= 0.3 is 0 Å². The zero-order chi connectivity index (χ0) is 10.2. The monoisotopic (exact) mass is 196 g/mol. The summed E-state index contributed by atoms with van der Waals surface area (Å²) in [5.74, 6) is 1.95. The van der Waals surface area contributed by atoms with E-state index in [9.17, 15) is 0 Å². The molecular weight excluding hydrogens is 172 g/mol. The van der Waals surface area contributed by atoms with Crippen molar-refractivity contribution in [1.29, 1.82) is 0 Å². The van der Waals surface area contributed by atoms with Gasteiger partial charge in [-0.2, -0.15) is 0 Å². The second-order valence-electron chi connectivity index (χ2n) is 4.42. The first kappa shape index (κ1) is 11.6. The molecule has 0 atom stereocenters. The molecule has 0 aromatic rings. The quantitative estimate of drug-likeness (QED) is 0.596. The maximum Gasteiger partial charge on any atom is 0.0905 e. The highest BCUT2D eigenvalue weighted by molar-refractivity contribution is 4.88. The summed E-state index contributed by atoms with van der Waals surface area (Å²) in [5, 5.41) is 0. The molecule has 0 aliphatic heterocycles. The van der Waals surface area contributed by atoms with E-state index in [1.165, 1.54) is 38.5 Å². The molecule has 1 fully saturated rings. The van der Waals surface area contributed by atoms with Crippen LogP contribution in [0.2, 0.25) is 0 Å². The average molecular weight is 196 g/mol. The van der Waals surface area contributed by atoms with Gasteiger partial charge in [0.25, 0.3) is 0 Å². The Morgan fingerprint density at radius 2 is 2.00 bits per heavy atom. The molecule has 0 N–H and O–H groups in total. The molecule has 0 radical (unpaired) electrons. The number of hydrogen-bond donors (Lipinski definition) is 0. The Kier molecular flexibility index (Phi) is 5.74. The van der Waals surface area contributed by atoms with Gasteiger partial charge in [-0.3, -0.25) is 0 Å². The Labute approximate surface area is 88.5 Å². The average Bonchev–Trinajstić information content (AvgIpc) is 2.25. The van der Waals surface area contributed by atoms with Crippen molar-refractivity contribution >= 4 is 0 Å². The van der Waals surface area contributed by atoms with Crippen molar-refractivity contribution in [2.75, 3.05) is 6.61 Å². The van der Waals surface area contributed by atoms with Crippen LogP contribution in [0.5, 0.6) is 0 Å². The smallest absolute Gasteiger partial charge is 0.0905 e. The SMILES string of the molecule is CCCC=C(C)OCC1CCCCC1. The fraction of sp³-hybridized carbons (Fsp3) is 0.846. The minimum Gasteiger partial charge on any atom is -0.498 e. The highest BCUT2D eigenvalue weighted by Gasteiger charge is 2.13. The van der Waals surface area contributed by atoms with Crippen LogP contribution < -0.4 is 0 Å². The van der Waals surface area contributed by atoms with Gasteiger partial charge in [-0.1, -0.05) is 32.6 Å². The first-order valence-electron chi connectivity index (χ1n) is 6.12. The minimum atomic E-state index is 0.828. The summed E-state index contributed by atoms with van der Waals surface area (Å²) < 4.78 is 5.74. The highest BCUT2D eigenvalue weighted by atomic mass is 16.5. The molecule has 0 bridgehead atoms. The van der Waals surface area contributed by atoms with Crippen molar-refractivity contribution in [3.05, 3.63) is 11.8 Å². The standard InChI is InChI=1S/C13H24O/c1-3-4-8-12(2)14-11-13-9-6-5-7-10-13/h8,13H,3-7,9-11H2,1-2H3. The summed E-state index contributed by atoms with van der Waals surface area (Å²) in [4.78, 5) is 0. The van der Waals surface area contributed by atoms with Crippen molar-refractivity contribution in [2.24, 2.45) is 5.92 Å². The molecule has 1 rings (SSSR count). The predicted octanol–water partition coefficient (Wildman–Crippen LogP) is 4.29. The zero-order valence-electron chi connectivity index (χ0n) is 9.72. The van der Waals surface area contributed by atoms with Gasteiger partial charge in [0.2, 0.25) is 0 Å². The zero-order valence-corrected chi connectivity index (χ0v) is 9.72. The van der Waals surface area contributed by atoms with Crippen LogP contribution in [0.25, 0.3) is 0 Å². The van der Waals surface area contributed by atoms with Gasteiger partial charge in [-0.05, 0) is 38.2 Å². The highest BCUT2D eigenvalue weighted by Crippen LogP contribution is 2.24. The van der Waals surface area contributed by atoms with Gasteiger partial charge < -0.3 is 4.74 Å². The Morgan fingerprint density at radius 3 is 2.64 bits per heavy atom. The lowest BCUT2D eigenvalue weighted by Gasteiger charge is -2.21. The molecular formula is C13H24O. The Hall–Kier alpha value is -0.460. The summed E-state index contributed by atoms with van der Waals surface area (Å²) in [6.07, 6.45) is 11.6. The third-order valence-corrected chi connectivity index (χ3v) is 2.99. The van der Waals surface area contributed by atoms with Crippen molar-refractivity contribution in [2.45, 2.75) is 58.8 Å². The maximum atomic E-state index is 5.74. The fourth-order valence-corrected chi connectivity index (χ4v) is 2.01. The van der Waals surface area contributed by atoms with Crippen LogP contribution in [0, 0.1) is 5.92 Å². The minimum absolute atomic E-state index is 0.828. The van der Waals surface area contributed by atoms with Crippen molar-refractivity contribution in [3.8, 4) is 0 Å². The number of hydrogen-bond acceptors (Lipinski definition) is 1. The molecule has 1 nitrogen and oxygen atoms in total. The van der Waals surface area contributed by atoms with Crippen LogP contribution in [-0.2, 0) is 4.74 Å². The van der Waals surface area contributed by atoms with Gasteiger partial charge in [0.15, 0.2) is 0 Å². The van der Waals surface area contributed by atoms with E-state index in [1.54, 1.807) is 0 Å². The van der Waals surface area contributed by atoms with E-state index in [-0.39, 0.29) is 0 Å². The molecule has 1 aliphatic carbocycles. The lowest BCUT2D eigenvalue weighted by atomic mass is 9.90. The van der Waals surface area contributed by atoms with Crippen LogP contribution in [-0.4, -0.2) is 6.61 Å². The molecule has 0 heterocycles. The largest absolute Gasteiger partial charge is 0.498 e. The molecule has 0 saturated heterocycles. The molecule has 0 spiro atoms. The molecule has 0 aromatic heterocycles. The van der Waals surface area contributed by atoms with E-state index < -0.39 is 0 Å². The first-order valence-corrected chi connectivity index (χ1v) is 6.12. The Bertz CT molecular complexity index is 166. The van der Waals surface area contributed by atoms with Crippen molar-refractivity contribution in [1.82, 2.24) is 0 Å². The lowest BCUT2D eigenvalue weighted by Crippen LogP contribution is -2.12. The Balaban J connectivity index is 2.11. The van der Waals surface area contributed by atoms with Gasteiger partial charge in [0.1, 0.15) is 0 Å². The number of rotatable bonds is 5. The molecule has 1 heteroatoms. The van der Waals surface area contributed by atoms with Crippen molar-refractivity contribution in [3.63, 3.8) is 0 Å². The van der Waals surface area contributed by atoms with Gasteiger partial charge in [-0.15, -0.1) is 0 Å². The Morgan fingerprint density at radius 1 is 1.29 bits per heavy atom. The van der Waals surface area contributed by atoms with Gasteiger partial charge in [0.05, 0.1) is 12.4 Å². The van der Waals surface area contributed by atoms with E-state index in [4.69, 9.17) is 4.74 Å². The summed E-state index contributed by atoms with van der Waals surface area (Å²) >= 11 is 0. The van der Waals surface area contributed by atoms with Crippen LogP contribution >= 0.6 is 0 Å². The topological polar surface area (TPSA) is 9.23 Å². The number of allylic oxidation sites excluding steroid dienone is 2. The first-order chi connectivity index (χ1) is 6.83. The third-order valence-electron chi connectivity index (χ3n) is 2.99. The third kappa shape index (κ3) is 4.69. The summed E-state index contributed by atoms with van der Waals surface area (Å²) in [6, 6.07) is 0. The van der Waals surface area contributed by atoms with Gasteiger partial charge in [-0.25, -0.2) is 0 Å². The van der Waals surface area contributed by atoms with E-state index in [0.29, 0.717) is 0 Å². The molecule has 0 amide bonds. The maximum absolute atomic E-state index is 5.74. The molecule has 1 aliphatic rings. The molecule has 1 saturated carbocycles. The molecule has 14 heavy (non-hydrogen) atoms. The summed E-state index contributed by atoms with van der Waals surface area (Å²) in [7, 11) is 0. The van der Waals surface area contributed by atoms with Crippen LogP contribution in [0.1, 0.15) is 58.8 Å². The van der Waals surface area contributed by atoms with Crippen LogP contribution in [0.15, 0.2) is 11.8 Å². The lowest BCUT2D eigenvalue weighted by molar-refractivity contribution is 0.142. The van der Waals surface area contributed by atoms with Gasteiger partial charge in [0, 0.05) is 0 Å². The molecule has 0 unspecified atom stereocenters. The molecule has 0 aromatic carbocycles. The molecule has 82 valence electrons. The van der Waals surface area contributed by atoms with Crippen molar-refractivity contribution < 1.29 is 4.74 Å². The van der Waals surface area contributed by atoms with E-state index >= 15 is 0 Å². The second kappa shape index (κ2) is 6.92. The van der Waals surface area contributed by atoms with E-state index in [2.05, 4.69) is 19.9 Å². The summed E-state index contributed by atoms with van der Waals surface area (Å²) in [5.41, 5.74) is 0. The predicted molar refractivity (Wildman–Crippen MR) is 61.2 cm³/mol. The van der Waals surface area contributed by atoms with Crippen LogP contribution in [0.4, 0.5) is 0 Å². The summed E-state index contributed by atoms with van der Waals surface area (Å²) in [6.45, 7) is 5.23. The fourth-order valence-electron chi connectivity index (χ4n) is 2.01. The number of unbranched alkanes of at least 4 members (excludes halogenated alkanes) is 1.